The molecule has 0 bridgehead atoms. The summed E-state index contributed by atoms with van der Waals surface area (Å²) in [5.41, 5.74) is 0.840. The molecule has 2 rings (SSSR count). The molecule has 0 atom stereocenters. The van der Waals surface area contributed by atoms with E-state index >= 15 is 0 Å². The number of halogens is 1. The maximum atomic E-state index is 12.8. The van der Waals surface area contributed by atoms with E-state index in [2.05, 4.69) is 4.98 Å². The van der Waals surface area contributed by atoms with E-state index in [4.69, 9.17) is 9.52 Å². The maximum absolute atomic E-state index is 12.8. The molecule has 1 aromatic carbocycles. The molecule has 0 saturated heterocycles. The molecule has 0 aliphatic rings. The first-order valence-electron chi connectivity index (χ1n) is 4.06. The molecule has 0 amide bonds. The highest BCUT2D eigenvalue weighted by molar-refractivity contribution is 7.99. The predicted molar refractivity (Wildman–Crippen MR) is 52.3 cm³/mol. The molecule has 0 radical (unpaired) electrons. The van der Waals surface area contributed by atoms with Gasteiger partial charge in [-0.05, 0) is 12.1 Å². The van der Waals surface area contributed by atoms with Crippen LogP contribution in [0.15, 0.2) is 27.8 Å². The summed E-state index contributed by atoms with van der Waals surface area (Å²) in [4.78, 5) is 14.2. The second-order valence-electron chi connectivity index (χ2n) is 2.77. The number of carbonyl (C=O) groups is 1. The summed E-state index contributed by atoms with van der Waals surface area (Å²) in [6.45, 7) is 0. The minimum atomic E-state index is -0.951. The van der Waals surface area contributed by atoms with Crippen LogP contribution in [0.4, 0.5) is 4.39 Å². The van der Waals surface area contributed by atoms with Gasteiger partial charge in [-0.15, -0.1) is 0 Å². The fourth-order valence-electron chi connectivity index (χ4n) is 1.06. The predicted octanol–water partition coefficient (Wildman–Crippen LogP) is 2.14. The Kier molecular flexibility index (Phi) is 2.59. The molecule has 2 aromatic rings. The fourth-order valence-corrected chi connectivity index (χ4v) is 1.62. The Hall–Kier alpha value is -1.56. The van der Waals surface area contributed by atoms with Crippen LogP contribution >= 0.6 is 11.8 Å². The Morgan fingerprint density at radius 2 is 2.40 bits per heavy atom. The van der Waals surface area contributed by atoms with Gasteiger partial charge in [-0.1, -0.05) is 11.8 Å². The van der Waals surface area contributed by atoms with E-state index in [0.717, 1.165) is 11.8 Å². The van der Waals surface area contributed by atoms with Crippen LogP contribution in [0.3, 0.4) is 0 Å². The summed E-state index contributed by atoms with van der Waals surface area (Å²) < 4.78 is 18.0. The lowest BCUT2D eigenvalue weighted by Crippen LogP contribution is -1.97. The van der Waals surface area contributed by atoms with Crippen molar-refractivity contribution in [2.45, 2.75) is 5.22 Å². The van der Waals surface area contributed by atoms with Gasteiger partial charge in [-0.25, -0.2) is 9.37 Å². The summed E-state index contributed by atoms with van der Waals surface area (Å²) in [5.74, 6) is -1.48. The number of aliphatic carboxylic acids is 1. The Morgan fingerprint density at radius 1 is 1.60 bits per heavy atom. The number of thioether (sulfide) groups is 1. The summed E-state index contributed by atoms with van der Waals surface area (Å²) in [6.07, 6.45) is 0. The average Bonchev–Trinajstić information content (AvgIpc) is 2.56. The highest BCUT2D eigenvalue weighted by Gasteiger charge is 2.08. The van der Waals surface area contributed by atoms with Gasteiger partial charge in [0.1, 0.15) is 17.1 Å². The van der Waals surface area contributed by atoms with Crippen molar-refractivity contribution in [3.63, 3.8) is 0 Å². The molecule has 0 aliphatic heterocycles. The molecule has 1 N–H and O–H groups in total. The van der Waals surface area contributed by atoms with Crippen LogP contribution in [0.25, 0.3) is 11.1 Å². The van der Waals surface area contributed by atoms with Gasteiger partial charge in [0.15, 0.2) is 5.58 Å². The number of oxazole rings is 1. The van der Waals surface area contributed by atoms with Crippen molar-refractivity contribution in [2.24, 2.45) is 0 Å². The minimum Gasteiger partial charge on any atom is -0.481 e. The Balaban J connectivity index is 2.27. The Bertz CT molecular complexity index is 511. The molecule has 6 heteroatoms. The summed E-state index contributed by atoms with van der Waals surface area (Å²) in [7, 11) is 0. The van der Waals surface area contributed by atoms with Crippen LogP contribution in [-0.4, -0.2) is 21.8 Å². The number of nitrogens with zero attached hydrogens (tertiary/aromatic N) is 1. The summed E-state index contributed by atoms with van der Waals surface area (Å²) in [6, 6.07) is 3.96. The number of carboxylic acid groups (broad SMARTS) is 1. The van der Waals surface area contributed by atoms with Crippen molar-refractivity contribution in [2.75, 3.05) is 5.75 Å². The van der Waals surface area contributed by atoms with E-state index in [-0.39, 0.29) is 11.0 Å². The van der Waals surface area contributed by atoms with Crippen LogP contribution in [0, 0.1) is 5.82 Å². The topological polar surface area (TPSA) is 63.3 Å². The van der Waals surface area contributed by atoms with Crippen LogP contribution < -0.4 is 0 Å². The number of aromatic nitrogens is 1. The van der Waals surface area contributed by atoms with E-state index in [1.807, 2.05) is 0 Å². The maximum Gasteiger partial charge on any atom is 0.314 e. The quantitative estimate of drug-likeness (QED) is 0.814. The first kappa shape index (κ1) is 9.97. The highest BCUT2D eigenvalue weighted by atomic mass is 32.2. The highest BCUT2D eigenvalue weighted by Crippen LogP contribution is 2.23. The second-order valence-corrected chi connectivity index (χ2v) is 3.70. The van der Waals surface area contributed by atoms with Crippen molar-refractivity contribution in [1.82, 2.24) is 4.98 Å². The van der Waals surface area contributed by atoms with Gasteiger partial charge in [-0.3, -0.25) is 4.79 Å². The van der Waals surface area contributed by atoms with Crippen molar-refractivity contribution < 1.29 is 18.7 Å². The van der Waals surface area contributed by atoms with Gasteiger partial charge >= 0.3 is 5.97 Å². The first-order chi connectivity index (χ1) is 7.15. The molecule has 78 valence electrons. The molecule has 15 heavy (non-hydrogen) atoms. The third-order valence-corrected chi connectivity index (χ3v) is 2.46. The molecule has 0 saturated carbocycles. The zero-order valence-corrected chi connectivity index (χ0v) is 8.25. The van der Waals surface area contributed by atoms with Gasteiger partial charge in [0.05, 0.1) is 0 Å². The van der Waals surface area contributed by atoms with Crippen molar-refractivity contribution in [3.8, 4) is 0 Å². The number of hydrogen-bond donors (Lipinski definition) is 1. The van der Waals surface area contributed by atoms with Crippen molar-refractivity contribution in [1.29, 1.82) is 0 Å². The standard InChI is InChI=1S/C9H6FNO3S/c10-5-1-2-7-6(3-5)11-9(14-7)15-4-8(12)13/h1-3H,4H2,(H,12,13). The van der Waals surface area contributed by atoms with E-state index in [0.29, 0.717) is 11.1 Å². The lowest BCUT2D eigenvalue weighted by Gasteiger charge is -1.88. The van der Waals surface area contributed by atoms with E-state index in [9.17, 15) is 9.18 Å². The molecule has 0 fully saturated rings. The normalized spacial score (nSPS) is 10.7. The molecule has 0 unspecified atom stereocenters. The van der Waals surface area contributed by atoms with Crippen LogP contribution in [-0.2, 0) is 4.79 Å². The third-order valence-electron chi connectivity index (χ3n) is 1.65. The van der Waals surface area contributed by atoms with Crippen LogP contribution in [0.2, 0.25) is 0 Å². The molecule has 1 heterocycles. The van der Waals surface area contributed by atoms with Gasteiger partial charge < -0.3 is 9.52 Å². The smallest absolute Gasteiger partial charge is 0.314 e. The van der Waals surface area contributed by atoms with Gasteiger partial charge in [0.25, 0.3) is 5.22 Å². The third kappa shape index (κ3) is 2.27. The van der Waals surface area contributed by atoms with Gasteiger partial charge in [-0.2, -0.15) is 0 Å². The van der Waals surface area contributed by atoms with Crippen molar-refractivity contribution in [3.05, 3.63) is 24.0 Å². The average molecular weight is 227 g/mol. The molecular formula is C9H6FNO3S. The molecule has 0 aliphatic carbocycles. The number of hydrogen-bond acceptors (Lipinski definition) is 4. The number of benzene rings is 1. The lowest BCUT2D eigenvalue weighted by molar-refractivity contribution is -0.133. The minimum absolute atomic E-state index is 0.130. The van der Waals surface area contributed by atoms with Gasteiger partial charge in [0, 0.05) is 6.07 Å². The fraction of sp³-hybridized carbons (Fsp3) is 0.111. The Labute approximate surface area is 88.1 Å². The number of rotatable bonds is 3. The molecular weight excluding hydrogens is 221 g/mol. The van der Waals surface area contributed by atoms with Crippen LogP contribution in [0.5, 0.6) is 0 Å². The van der Waals surface area contributed by atoms with E-state index in [1.165, 1.54) is 18.2 Å². The second kappa shape index (κ2) is 3.90. The monoisotopic (exact) mass is 227 g/mol. The number of fused-ring (bicyclic) bond motifs is 1. The summed E-state index contributed by atoms with van der Waals surface area (Å²) >= 11 is 0.960. The van der Waals surface area contributed by atoms with Crippen LogP contribution in [0.1, 0.15) is 0 Å². The van der Waals surface area contributed by atoms with E-state index in [1.54, 1.807) is 0 Å². The SMILES string of the molecule is O=C(O)CSc1nc2cc(F)ccc2o1. The van der Waals surface area contributed by atoms with Gasteiger partial charge in [0.2, 0.25) is 0 Å². The first-order valence-corrected chi connectivity index (χ1v) is 5.04. The Morgan fingerprint density at radius 3 is 3.13 bits per heavy atom. The number of carboxylic acids is 1. The molecule has 1 aromatic heterocycles. The largest absolute Gasteiger partial charge is 0.481 e. The summed E-state index contributed by atoms with van der Waals surface area (Å²) in [5, 5.41) is 8.68. The van der Waals surface area contributed by atoms with E-state index < -0.39 is 11.8 Å². The lowest BCUT2D eigenvalue weighted by atomic mass is 10.3. The molecule has 4 nitrogen and oxygen atoms in total. The zero-order valence-electron chi connectivity index (χ0n) is 7.44. The molecule has 0 spiro atoms. The van der Waals surface area contributed by atoms with Crippen molar-refractivity contribution >= 4 is 28.8 Å². The zero-order chi connectivity index (χ0) is 10.8.